The topological polar surface area (TPSA) is 68.2 Å². The van der Waals surface area contributed by atoms with Crippen molar-refractivity contribution in [2.24, 2.45) is 4.91 Å². The number of ether oxygens (including phenoxy) is 4. The number of benzene rings is 2. The predicted octanol–water partition coefficient (Wildman–Crippen LogP) is 4.50. The molecule has 0 atom stereocenters. The van der Waals surface area contributed by atoms with Gasteiger partial charge in [0.15, 0.2) is 0 Å². The summed E-state index contributed by atoms with van der Waals surface area (Å²) in [6, 6.07) is 18.0. The smallest absolute Gasteiger partial charge is 0.416 e. The van der Waals surface area contributed by atoms with Crippen molar-refractivity contribution in [1.82, 2.24) is 14.0 Å². The van der Waals surface area contributed by atoms with E-state index < -0.39 is 19.4 Å². The molecule has 0 amide bonds. The molecule has 0 unspecified atom stereocenters. The highest BCUT2D eigenvalue weighted by molar-refractivity contribution is 7.58. The lowest BCUT2D eigenvalue weighted by Crippen LogP contribution is -2.42. The van der Waals surface area contributed by atoms with Crippen LogP contribution in [0.4, 0.5) is 0 Å². The third-order valence-corrected chi connectivity index (χ3v) is 8.14. The minimum absolute atomic E-state index is 0.451. The summed E-state index contributed by atoms with van der Waals surface area (Å²) in [5.41, 5.74) is -2.07. The Labute approximate surface area is 195 Å². The Kier molecular flexibility index (Phi) is 9.94. The molecule has 0 bridgehead atoms. The second-order valence-corrected chi connectivity index (χ2v) is 11.0. The Bertz CT molecular complexity index is 816. The standard InChI is InChI=1S/C21H32ClN4O5P/c1-24(2)32(25(3)4,26(5)20(27-6)28-7)23-31-21(22,29-18-14-10-8-11-15-18)30-19-16-12-9-13-17-19/h8-17,20H,1-7H3. The van der Waals surface area contributed by atoms with E-state index in [9.17, 15) is 0 Å². The van der Waals surface area contributed by atoms with Crippen LogP contribution in [0, 0.1) is 0 Å². The maximum absolute atomic E-state index is 6.72. The van der Waals surface area contributed by atoms with Crippen LogP contribution in [-0.4, -0.2) is 75.3 Å². The molecule has 0 aromatic heterocycles. The van der Waals surface area contributed by atoms with Crippen molar-refractivity contribution in [1.29, 1.82) is 0 Å². The van der Waals surface area contributed by atoms with Crippen molar-refractivity contribution in [2.75, 3.05) is 49.5 Å². The minimum Gasteiger partial charge on any atom is -0.416 e. The molecule has 0 aliphatic carbocycles. The number of nitrogens with zero attached hydrogens (tertiary/aromatic N) is 4. The van der Waals surface area contributed by atoms with E-state index in [1.54, 1.807) is 38.5 Å². The van der Waals surface area contributed by atoms with Crippen LogP contribution in [0.25, 0.3) is 0 Å². The van der Waals surface area contributed by atoms with Gasteiger partial charge in [-0.1, -0.05) is 41.3 Å². The van der Waals surface area contributed by atoms with Crippen LogP contribution in [0.1, 0.15) is 0 Å². The van der Waals surface area contributed by atoms with E-state index in [4.69, 9.17) is 35.4 Å². The molecule has 9 nitrogen and oxygen atoms in total. The molecule has 0 aliphatic heterocycles. The van der Waals surface area contributed by atoms with Crippen LogP contribution < -0.4 is 9.47 Å². The number of rotatable bonds is 12. The summed E-state index contributed by atoms with van der Waals surface area (Å²) in [7, 11) is 9.73. The van der Waals surface area contributed by atoms with Crippen LogP contribution in [0.2, 0.25) is 0 Å². The Morgan fingerprint density at radius 2 is 1.19 bits per heavy atom. The Balaban J connectivity index is 2.51. The molecule has 0 radical (unpaired) electrons. The number of halogens is 1. The molecule has 0 saturated carbocycles. The second-order valence-electron chi connectivity index (χ2n) is 7.07. The van der Waals surface area contributed by atoms with Gasteiger partial charge in [0.1, 0.15) is 11.5 Å². The van der Waals surface area contributed by atoms with Gasteiger partial charge in [0.05, 0.1) is 0 Å². The van der Waals surface area contributed by atoms with Crippen LogP contribution in [0.3, 0.4) is 0 Å². The molecule has 0 heterocycles. The van der Waals surface area contributed by atoms with E-state index in [2.05, 4.69) is 4.91 Å². The van der Waals surface area contributed by atoms with E-state index in [0.29, 0.717) is 11.5 Å². The maximum Gasteiger partial charge on any atom is 0.485 e. The number of alkyl halides is 1. The van der Waals surface area contributed by atoms with Gasteiger partial charge in [-0.25, -0.2) is 0 Å². The summed E-state index contributed by atoms with van der Waals surface area (Å²) in [5.74, 6) is 0.902. The lowest BCUT2D eigenvalue weighted by atomic mass is 10.3. The van der Waals surface area contributed by atoms with E-state index in [1.165, 1.54) is 0 Å². The zero-order valence-corrected chi connectivity index (χ0v) is 21.2. The third-order valence-electron chi connectivity index (χ3n) is 4.43. The average Bonchev–Trinajstić information content (AvgIpc) is 2.76. The largest absolute Gasteiger partial charge is 0.485 e. The van der Waals surface area contributed by atoms with Gasteiger partial charge in [-0.2, -0.15) is 4.67 Å². The van der Waals surface area contributed by atoms with Crippen LogP contribution in [-0.2, 0) is 14.3 Å². The minimum atomic E-state index is -2.72. The molecular formula is C21H32ClN4O5P. The van der Waals surface area contributed by atoms with Gasteiger partial charge in [-0.15, -0.1) is 4.84 Å². The molecule has 0 N–H and O–H groups in total. The van der Waals surface area contributed by atoms with Crippen molar-refractivity contribution in [2.45, 2.75) is 11.8 Å². The van der Waals surface area contributed by atoms with Crippen molar-refractivity contribution < 1.29 is 23.8 Å². The summed E-state index contributed by atoms with van der Waals surface area (Å²) < 4.78 is 28.3. The van der Waals surface area contributed by atoms with E-state index in [-0.39, 0.29) is 0 Å². The number of methoxy groups -OCH3 is 2. The van der Waals surface area contributed by atoms with E-state index in [0.717, 1.165) is 0 Å². The Morgan fingerprint density at radius 3 is 1.53 bits per heavy atom. The molecule has 32 heavy (non-hydrogen) atoms. The monoisotopic (exact) mass is 486 g/mol. The van der Waals surface area contributed by atoms with Gasteiger partial charge >= 0.3 is 5.43 Å². The Morgan fingerprint density at radius 1 is 0.781 bits per heavy atom. The molecule has 178 valence electrons. The third kappa shape index (κ3) is 6.43. The van der Waals surface area contributed by atoms with Crippen LogP contribution in [0.15, 0.2) is 65.6 Å². The first kappa shape index (κ1) is 26.6. The van der Waals surface area contributed by atoms with Crippen molar-refractivity contribution in [3.05, 3.63) is 60.7 Å². The highest BCUT2D eigenvalue weighted by Crippen LogP contribution is 2.57. The van der Waals surface area contributed by atoms with Crippen molar-refractivity contribution in [3.8, 4) is 11.5 Å². The molecule has 2 aromatic rings. The fourth-order valence-corrected chi connectivity index (χ4v) is 6.24. The summed E-state index contributed by atoms with van der Waals surface area (Å²) >= 11 is 6.72. The normalized spacial score (nSPS) is 12.6. The number of hydrogen-bond donors (Lipinski definition) is 0. The first-order chi connectivity index (χ1) is 15.2. The van der Waals surface area contributed by atoms with Gasteiger partial charge in [0, 0.05) is 25.8 Å². The molecule has 0 aliphatic rings. The average molecular weight is 487 g/mol. The van der Waals surface area contributed by atoms with Gasteiger partial charge in [-0.3, -0.25) is 9.34 Å². The molecule has 11 heteroatoms. The van der Waals surface area contributed by atoms with Gasteiger partial charge < -0.3 is 18.9 Å². The molecule has 0 saturated heterocycles. The summed E-state index contributed by atoms with van der Waals surface area (Å²) in [4.78, 5) is 10.4. The second kappa shape index (κ2) is 12.0. The quantitative estimate of drug-likeness (QED) is 0.188. The molecule has 0 fully saturated rings. The van der Waals surface area contributed by atoms with E-state index >= 15 is 0 Å². The summed E-state index contributed by atoms with van der Waals surface area (Å²) in [6.07, 6.45) is -0.685. The lowest BCUT2D eigenvalue weighted by molar-refractivity contribution is -0.239. The number of para-hydroxylation sites is 2. The summed E-state index contributed by atoms with van der Waals surface area (Å²) in [6.45, 7) is 0. The van der Waals surface area contributed by atoms with Crippen molar-refractivity contribution in [3.63, 3.8) is 0 Å². The van der Waals surface area contributed by atoms with Gasteiger partial charge in [-0.05, 0) is 59.5 Å². The van der Waals surface area contributed by atoms with Crippen LogP contribution >= 0.6 is 19.1 Å². The molecule has 0 spiro atoms. The highest BCUT2D eigenvalue weighted by atomic mass is 35.5. The van der Waals surface area contributed by atoms with E-state index in [1.807, 2.05) is 85.6 Å². The summed E-state index contributed by atoms with van der Waals surface area (Å²) in [5, 5.41) is 0. The van der Waals surface area contributed by atoms with Gasteiger partial charge in [0.2, 0.25) is 13.9 Å². The zero-order chi connectivity index (χ0) is 23.8. The maximum atomic E-state index is 6.72. The van der Waals surface area contributed by atoms with Gasteiger partial charge in [0.25, 0.3) is 0 Å². The Hall–Kier alpha value is -1.68. The molecular weight excluding hydrogens is 455 g/mol. The molecule has 2 rings (SSSR count). The molecule has 2 aromatic carbocycles. The zero-order valence-electron chi connectivity index (χ0n) is 19.5. The van der Waals surface area contributed by atoms with Crippen LogP contribution in [0.5, 0.6) is 11.5 Å². The first-order valence-corrected chi connectivity index (χ1v) is 11.8. The highest BCUT2D eigenvalue weighted by Gasteiger charge is 2.41. The first-order valence-electron chi connectivity index (χ1n) is 9.80. The van der Waals surface area contributed by atoms with Crippen molar-refractivity contribution >= 4 is 19.1 Å². The number of hydrogen-bond acceptors (Lipinski definition) is 6. The predicted molar refractivity (Wildman–Crippen MR) is 126 cm³/mol. The fraction of sp³-hybridized carbons (Fsp3) is 0.429. The lowest BCUT2D eigenvalue weighted by Gasteiger charge is -2.44. The fourth-order valence-electron chi connectivity index (χ4n) is 3.07. The SMILES string of the molecule is COC(OC)N(C)P(=NOC(Cl)(Oc1ccccc1)Oc1ccccc1)(N(C)C)N(C)C.